The largest absolute Gasteiger partial charge is 0.413 e. The lowest BCUT2D eigenvalue weighted by Gasteiger charge is -2.20. The van der Waals surface area contributed by atoms with Crippen LogP contribution in [0.3, 0.4) is 0 Å². The van der Waals surface area contributed by atoms with Crippen molar-refractivity contribution in [3.8, 4) is 5.06 Å². The second-order valence-corrected chi connectivity index (χ2v) is 9.82. The summed E-state index contributed by atoms with van der Waals surface area (Å²) in [6.07, 6.45) is -0.0595. The quantitative estimate of drug-likeness (QED) is 0.760. The Kier molecular flexibility index (Phi) is 6.07. The van der Waals surface area contributed by atoms with Crippen LogP contribution in [-0.2, 0) is 17.7 Å². The molecule has 2 aromatic rings. The van der Waals surface area contributed by atoms with E-state index in [0.29, 0.717) is 27.5 Å². The summed E-state index contributed by atoms with van der Waals surface area (Å²) in [5, 5.41) is 3.69. The molecule has 4 heterocycles. The number of hydrogen-bond donors (Lipinski definition) is 1. The van der Waals surface area contributed by atoms with Crippen LogP contribution < -0.4 is 10.1 Å². The van der Waals surface area contributed by atoms with Gasteiger partial charge >= 0.3 is 6.09 Å². The molecule has 0 aliphatic carbocycles. The van der Waals surface area contributed by atoms with Crippen LogP contribution in [0.15, 0.2) is 12.1 Å². The number of rotatable bonds is 4. The fraction of sp³-hybridized carbons (Fsp3) is 0.500. The van der Waals surface area contributed by atoms with Crippen LogP contribution in [0.1, 0.15) is 20.4 Å². The topological polar surface area (TPSA) is 84.0 Å². The highest BCUT2D eigenvalue weighted by Gasteiger charge is 2.38. The fourth-order valence-electron chi connectivity index (χ4n) is 3.49. The van der Waals surface area contributed by atoms with Crippen molar-refractivity contribution in [2.24, 2.45) is 0 Å². The Morgan fingerprint density at radius 2 is 2.14 bits per heavy atom. The molecule has 29 heavy (non-hydrogen) atoms. The van der Waals surface area contributed by atoms with Gasteiger partial charge in [-0.1, -0.05) is 22.9 Å². The number of fused-ring (bicyclic) bond motifs is 1. The van der Waals surface area contributed by atoms with E-state index in [2.05, 4.69) is 22.2 Å². The number of methoxy groups -OCH3 is 1. The van der Waals surface area contributed by atoms with Crippen molar-refractivity contribution >= 4 is 46.3 Å². The number of ether oxygens (including phenoxy) is 2. The van der Waals surface area contributed by atoms with E-state index in [1.807, 2.05) is 0 Å². The van der Waals surface area contributed by atoms with Crippen LogP contribution in [-0.4, -0.2) is 72.7 Å². The van der Waals surface area contributed by atoms with Gasteiger partial charge in [-0.25, -0.2) is 9.78 Å². The number of aromatic nitrogens is 1. The Morgan fingerprint density at radius 3 is 2.86 bits per heavy atom. The second kappa shape index (κ2) is 8.57. The van der Waals surface area contributed by atoms with Crippen molar-refractivity contribution in [3.05, 3.63) is 32.0 Å². The number of thiazole rings is 1. The molecule has 2 aliphatic heterocycles. The first-order valence-corrected chi connectivity index (χ1v) is 11.2. The summed E-state index contributed by atoms with van der Waals surface area (Å²) in [6.45, 7) is 2.49. The number of nitrogens with one attached hydrogen (secondary N) is 1. The van der Waals surface area contributed by atoms with Crippen molar-refractivity contribution in [2.75, 3.05) is 33.8 Å². The maximum absolute atomic E-state index is 13.0. The predicted octanol–water partition coefficient (Wildman–Crippen LogP) is 2.47. The van der Waals surface area contributed by atoms with E-state index in [1.165, 1.54) is 22.7 Å². The maximum Gasteiger partial charge on any atom is 0.413 e. The molecule has 1 saturated heterocycles. The van der Waals surface area contributed by atoms with Gasteiger partial charge in [0.1, 0.15) is 0 Å². The molecule has 1 N–H and O–H groups in total. The van der Waals surface area contributed by atoms with Gasteiger partial charge in [0.05, 0.1) is 22.2 Å². The predicted molar refractivity (Wildman–Crippen MR) is 111 cm³/mol. The van der Waals surface area contributed by atoms with Crippen LogP contribution in [0.5, 0.6) is 5.06 Å². The minimum atomic E-state index is -0.599. The first-order chi connectivity index (χ1) is 13.9. The number of amides is 2. The zero-order valence-corrected chi connectivity index (χ0v) is 18.4. The molecule has 2 unspecified atom stereocenters. The number of likely N-dealkylation sites (tertiary alicyclic amines) is 1. The summed E-state index contributed by atoms with van der Waals surface area (Å²) in [4.78, 5) is 34.8. The van der Waals surface area contributed by atoms with E-state index in [4.69, 9.17) is 21.1 Å². The summed E-state index contributed by atoms with van der Waals surface area (Å²) in [7, 11) is 3.63. The molecule has 1 fully saturated rings. The van der Waals surface area contributed by atoms with Gasteiger partial charge in [-0.2, -0.15) is 0 Å². The lowest BCUT2D eigenvalue weighted by atomic mass is 10.2. The van der Waals surface area contributed by atoms with Crippen LogP contribution >= 0.6 is 34.3 Å². The molecule has 0 spiro atoms. The molecule has 2 amide bonds. The van der Waals surface area contributed by atoms with Gasteiger partial charge in [-0.15, -0.1) is 11.3 Å². The van der Waals surface area contributed by atoms with E-state index in [-0.39, 0.29) is 18.1 Å². The molecule has 0 aromatic carbocycles. The third-order valence-corrected chi connectivity index (χ3v) is 7.19. The van der Waals surface area contributed by atoms with E-state index in [0.717, 1.165) is 30.1 Å². The summed E-state index contributed by atoms with van der Waals surface area (Å²) >= 11 is 8.48. The van der Waals surface area contributed by atoms with Gasteiger partial charge in [-0.05, 0) is 19.2 Å². The Hall–Kier alpha value is -1.72. The fourth-order valence-corrected chi connectivity index (χ4v) is 5.52. The number of nitrogens with zero attached hydrogens (tertiary/aromatic N) is 3. The number of thiophene rings is 1. The van der Waals surface area contributed by atoms with Gasteiger partial charge in [0.15, 0.2) is 10.1 Å². The Bertz CT molecular complexity index is 918. The zero-order valence-electron chi connectivity index (χ0n) is 16.0. The first kappa shape index (κ1) is 20.5. The van der Waals surface area contributed by atoms with Crippen molar-refractivity contribution < 1.29 is 19.1 Å². The molecule has 11 heteroatoms. The van der Waals surface area contributed by atoms with Crippen LogP contribution in [0.2, 0.25) is 4.34 Å². The number of carbonyl (C=O) groups excluding carboxylic acids is 2. The van der Waals surface area contributed by atoms with E-state index in [1.54, 1.807) is 24.1 Å². The third-order valence-electron chi connectivity index (χ3n) is 5.01. The molecule has 2 aliphatic rings. The average molecular weight is 457 g/mol. The van der Waals surface area contributed by atoms with Crippen molar-refractivity contribution in [3.63, 3.8) is 0 Å². The smallest absolute Gasteiger partial charge is 0.399 e. The van der Waals surface area contributed by atoms with Gasteiger partial charge in [0, 0.05) is 44.6 Å². The number of halogens is 1. The van der Waals surface area contributed by atoms with Gasteiger partial charge in [-0.3, -0.25) is 4.79 Å². The minimum Gasteiger partial charge on any atom is -0.399 e. The molecule has 2 aromatic heterocycles. The monoisotopic (exact) mass is 456 g/mol. The normalized spacial score (nSPS) is 21.8. The highest BCUT2D eigenvalue weighted by atomic mass is 35.5. The van der Waals surface area contributed by atoms with Gasteiger partial charge in [0.2, 0.25) is 0 Å². The average Bonchev–Trinajstić information content (AvgIpc) is 3.39. The molecular weight excluding hydrogens is 436 g/mol. The van der Waals surface area contributed by atoms with Crippen molar-refractivity contribution in [2.45, 2.75) is 25.1 Å². The summed E-state index contributed by atoms with van der Waals surface area (Å²) in [6, 6.07) is 2.92. The second-order valence-electron chi connectivity index (χ2n) is 7.06. The third kappa shape index (κ3) is 4.56. The molecular formula is C18H21ClN4O4S2. The summed E-state index contributed by atoms with van der Waals surface area (Å²) < 4.78 is 11.3. The number of hydrogen-bond acceptors (Lipinski definition) is 8. The molecule has 8 nitrogen and oxygen atoms in total. The summed E-state index contributed by atoms with van der Waals surface area (Å²) in [5.74, 6) is -0.128. The Balaban J connectivity index is 1.39. The van der Waals surface area contributed by atoms with Gasteiger partial charge < -0.3 is 24.6 Å². The van der Waals surface area contributed by atoms with Crippen LogP contribution in [0.4, 0.5) is 4.79 Å². The minimum absolute atomic E-state index is 0.128. The Labute approximate surface area is 181 Å². The van der Waals surface area contributed by atoms with E-state index in [9.17, 15) is 9.59 Å². The standard InChI is InChI=1S/C18H21ClN4O4S2/c1-22-6-5-10-13(9-22)28-16(20-10)17(24)23-7-11(12(8-23)26-2)21-18(25)27-15-4-3-14(19)29-15/h3-4,11-12H,5-9H2,1-2H3,(H,21,25). The molecule has 4 rings (SSSR count). The van der Waals surface area contributed by atoms with Crippen LogP contribution in [0, 0.1) is 0 Å². The Morgan fingerprint density at radius 1 is 1.31 bits per heavy atom. The van der Waals surface area contributed by atoms with E-state index < -0.39 is 6.09 Å². The lowest BCUT2D eigenvalue weighted by Crippen LogP contribution is -2.44. The van der Waals surface area contributed by atoms with E-state index >= 15 is 0 Å². The van der Waals surface area contributed by atoms with Crippen molar-refractivity contribution in [1.82, 2.24) is 20.1 Å². The molecule has 2 atom stereocenters. The highest BCUT2D eigenvalue weighted by molar-refractivity contribution is 7.17. The molecule has 0 bridgehead atoms. The van der Waals surface area contributed by atoms with Crippen LogP contribution in [0.25, 0.3) is 0 Å². The molecule has 156 valence electrons. The SMILES string of the molecule is COC1CN(C(=O)c2nc3c(s2)CN(C)CC3)CC1NC(=O)Oc1ccc(Cl)s1. The molecule has 0 radical (unpaired) electrons. The van der Waals surface area contributed by atoms with Gasteiger partial charge in [0.25, 0.3) is 5.91 Å². The first-order valence-electron chi connectivity index (χ1n) is 9.16. The molecule has 0 saturated carbocycles. The highest BCUT2D eigenvalue weighted by Crippen LogP contribution is 2.29. The van der Waals surface area contributed by atoms with Crippen molar-refractivity contribution in [1.29, 1.82) is 0 Å². The maximum atomic E-state index is 13.0. The zero-order chi connectivity index (χ0) is 20.5. The lowest BCUT2D eigenvalue weighted by molar-refractivity contribution is 0.0706. The number of likely N-dealkylation sites (N-methyl/N-ethyl adjacent to an activating group) is 1. The number of carbonyl (C=O) groups is 2. The summed E-state index contributed by atoms with van der Waals surface area (Å²) in [5.41, 5.74) is 1.02.